The standard InChI is InChI=1S/C14H17F3N2O/c1-10-4-2-3-9-19(10)13(20)18-12-7-5-11(6-8-12)14(15,16)17/h5-8,10H,2-4,9H2,1H3,(H,18,20). The molecule has 0 spiro atoms. The second-order valence-electron chi connectivity index (χ2n) is 5.04. The topological polar surface area (TPSA) is 32.3 Å². The van der Waals surface area contributed by atoms with E-state index in [-0.39, 0.29) is 12.1 Å². The Bertz CT molecular complexity index is 470. The van der Waals surface area contributed by atoms with E-state index in [1.807, 2.05) is 6.92 Å². The molecule has 0 aliphatic carbocycles. The fourth-order valence-corrected chi connectivity index (χ4v) is 2.34. The van der Waals surface area contributed by atoms with E-state index in [0.717, 1.165) is 31.4 Å². The zero-order chi connectivity index (χ0) is 14.8. The summed E-state index contributed by atoms with van der Waals surface area (Å²) in [5.74, 6) is 0. The van der Waals surface area contributed by atoms with Crippen LogP contribution in [0, 0.1) is 0 Å². The molecule has 1 aliphatic heterocycles. The van der Waals surface area contributed by atoms with Gasteiger partial charge in [-0.25, -0.2) is 4.79 Å². The molecule has 1 heterocycles. The third-order valence-electron chi connectivity index (χ3n) is 3.53. The van der Waals surface area contributed by atoms with E-state index in [4.69, 9.17) is 0 Å². The maximum Gasteiger partial charge on any atom is 0.416 e. The SMILES string of the molecule is CC1CCCCN1C(=O)Nc1ccc(C(F)(F)F)cc1. The molecule has 1 N–H and O–H groups in total. The zero-order valence-corrected chi connectivity index (χ0v) is 11.2. The van der Waals surface area contributed by atoms with Crippen LogP contribution >= 0.6 is 0 Å². The van der Waals surface area contributed by atoms with Crippen molar-refractivity contribution in [1.82, 2.24) is 4.90 Å². The molecule has 2 amide bonds. The van der Waals surface area contributed by atoms with E-state index in [9.17, 15) is 18.0 Å². The quantitative estimate of drug-likeness (QED) is 0.827. The Hall–Kier alpha value is -1.72. The summed E-state index contributed by atoms with van der Waals surface area (Å²) >= 11 is 0. The smallest absolute Gasteiger partial charge is 0.322 e. The summed E-state index contributed by atoms with van der Waals surface area (Å²) in [6, 6.07) is 4.39. The van der Waals surface area contributed by atoms with E-state index in [1.54, 1.807) is 4.90 Å². The first-order valence-corrected chi connectivity index (χ1v) is 6.63. The molecule has 1 saturated heterocycles. The minimum Gasteiger partial charge on any atom is -0.322 e. The first-order valence-electron chi connectivity index (χ1n) is 6.63. The second kappa shape index (κ2) is 5.73. The lowest BCUT2D eigenvalue weighted by Crippen LogP contribution is -2.44. The maximum absolute atomic E-state index is 12.4. The predicted molar refractivity (Wildman–Crippen MR) is 70.5 cm³/mol. The van der Waals surface area contributed by atoms with Crippen LogP contribution in [0.25, 0.3) is 0 Å². The summed E-state index contributed by atoms with van der Waals surface area (Å²) in [5.41, 5.74) is -0.345. The third-order valence-corrected chi connectivity index (χ3v) is 3.53. The monoisotopic (exact) mass is 286 g/mol. The average Bonchev–Trinajstić information content (AvgIpc) is 2.38. The van der Waals surface area contributed by atoms with Crippen molar-refractivity contribution in [3.05, 3.63) is 29.8 Å². The van der Waals surface area contributed by atoms with E-state index < -0.39 is 11.7 Å². The Morgan fingerprint density at radius 1 is 1.25 bits per heavy atom. The lowest BCUT2D eigenvalue weighted by atomic mass is 10.0. The molecule has 6 heteroatoms. The minimum atomic E-state index is -4.36. The Kier molecular flexibility index (Phi) is 4.20. The van der Waals surface area contributed by atoms with E-state index >= 15 is 0 Å². The van der Waals surface area contributed by atoms with Crippen LogP contribution in [0.4, 0.5) is 23.7 Å². The molecule has 1 aromatic rings. The fourth-order valence-electron chi connectivity index (χ4n) is 2.34. The van der Waals surface area contributed by atoms with Gasteiger partial charge in [-0.05, 0) is 50.5 Å². The van der Waals surface area contributed by atoms with Crippen molar-refractivity contribution < 1.29 is 18.0 Å². The van der Waals surface area contributed by atoms with Crippen molar-refractivity contribution >= 4 is 11.7 Å². The van der Waals surface area contributed by atoms with E-state index in [2.05, 4.69) is 5.32 Å². The van der Waals surface area contributed by atoms with Gasteiger partial charge in [-0.2, -0.15) is 13.2 Å². The predicted octanol–water partition coefficient (Wildman–Crippen LogP) is 4.11. The Morgan fingerprint density at radius 2 is 1.90 bits per heavy atom. The Labute approximate surface area is 115 Å². The molecular weight excluding hydrogens is 269 g/mol. The maximum atomic E-state index is 12.4. The summed E-state index contributed by atoms with van der Waals surface area (Å²) < 4.78 is 37.3. The van der Waals surface area contributed by atoms with Crippen LogP contribution in [0.5, 0.6) is 0 Å². The number of hydrogen-bond acceptors (Lipinski definition) is 1. The number of carbonyl (C=O) groups excluding carboxylic acids is 1. The molecule has 3 nitrogen and oxygen atoms in total. The second-order valence-corrected chi connectivity index (χ2v) is 5.04. The molecule has 2 rings (SSSR count). The summed E-state index contributed by atoms with van der Waals surface area (Å²) in [5, 5.41) is 2.64. The molecular formula is C14H17F3N2O. The highest BCUT2D eigenvalue weighted by Crippen LogP contribution is 2.30. The molecule has 1 aromatic carbocycles. The van der Waals surface area contributed by atoms with Gasteiger partial charge >= 0.3 is 12.2 Å². The number of hydrogen-bond donors (Lipinski definition) is 1. The van der Waals surface area contributed by atoms with Gasteiger partial charge in [-0.15, -0.1) is 0 Å². The number of amides is 2. The van der Waals surface area contributed by atoms with Crippen LogP contribution in [0.1, 0.15) is 31.7 Å². The Morgan fingerprint density at radius 3 is 2.45 bits per heavy atom. The van der Waals surface area contributed by atoms with Crippen LogP contribution in [-0.2, 0) is 6.18 Å². The molecule has 0 radical (unpaired) electrons. The minimum absolute atomic E-state index is 0.165. The molecule has 0 bridgehead atoms. The number of carbonyl (C=O) groups is 1. The number of benzene rings is 1. The highest BCUT2D eigenvalue weighted by atomic mass is 19.4. The van der Waals surface area contributed by atoms with E-state index in [1.165, 1.54) is 12.1 Å². The van der Waals surface area contributed by atoms with Gasteiger partial charge in [0.2, 0.25) is 0 Å². The van der Waals surface area contributed by atoms with Crippen LogP contribution in [0.3, 0.4) is 0 Å². The number of alkyl halides is 3. The van der Waals surface area contributed by atoms with Gasteiger partial charge in [-0.1, -0.05) is 0 Å². The van der Waals surface area contributed by atoms with Gasteiger partial charge in [-0.3, -0.25) is 0 Å². The molecule has 1 aliphatic rings. The lowest BCUT2D eigenvalue weighted by molar-refractivity contribution is -0.137. The highest BCUT2D eigenvalue weighted by Gasteiger charge is 2.30. The lowest BCUT2D eigenvalue weighted by Gasteiger charge is -2.33. The summed E-state index contributed by atoms with van der Waals surface area (Å²) in [7, 11) is 0. The first-order chi connectivity index (χ1) is 9.38. The molecule has 110 valence electrons. The number of anilines is 1. The van der Waals surface area contributed by atoms with Gasteiger partial charge in [0.05, 0.1) is 5.56 Å². The van der Waals surface area contributed by atoms with E-state index in [0.29, 0.717) is 12.2 Å². The number of halogens is 3. The van der Waals surface area contributed by atoms with Crippen molar-refractivity contribution in [2.75, 3.05) is 11.9 Å². The number of piperidine rings is 1. The summed E-state index contributed by atoms with van der Waals surface area (Å²) in [6.45, 7) is 2.67. The van der Waals surface area contributed by atoms with Crippen LogP contribution in [-0.4, -0.2) is 23.5 Å². The average molecular weight is 286 g/mol. The van der Waals surface area contributed by atoms with Crippen molar-refractivity contribution in [2.24, 2.45) is 0 Å². The molecule has 1 atom stereocenters. The number of nitrogens with zero attached hydrogens (tertiary/aromatic N) is 1. The molecule has 0 saturated carbocycles. The van der Waals surface area contributed by atoms with Gasteiger partial charge in [0.1, 0.15) is 0 Å². The van der Waals surface area contributed by atoms with Crippen molar-refractivity contribution in [3.8, 4) is 0 Å². The van der Waals surface area contributed by atoms with Gasteiger partial charge in [0.25, 0.3) is 0 Å². The highest BCUT2D eigenvalue weighted by molar-refractivity contribution is 5.89. The summed E-state index contributed by atoms with van der Waals surface area (Å²) in [4.78, 5) is 13.8. The number of likely N-dealkylation sites (tertiary alicyclic amines) is 1. The fraction of sp³-hybridized carbons (Fsp3) is 0.500. The molecule has 20 heavy (non-hydrogen) atoms. The van der Waals surface area contributed by atoms with Crippen molar-refractivity contribution in [1.29, 1.82) is 0 Å². The van der Waals surface area contributed by atoms with Crippen molar-refractivity contribution in [2.45, 2.75) is 38.4 Å². The third kappa shape index (κ3) is 3.43. The van der Waals surface area contributed by atoms with Gasteiger partial charge in [0.15, 0.2) is 0 Å². The molecule has 1 fully saturated rings. The van der Waals surface area contributed by atoms with Gasteiger partial charge < -0.3 is 10.2 Å². The Balaban J connectivity index is 2.01. The van der Waals surface area contributed by atoms with Crippen LogP contribution in [0.2, 0.25) is 0 Å². The van der Waals surface area contributed by atoms with Crippen LogP contribution in [0.15, 0.2) is 24.3 Å². The normalized spacial score (nSPS) is 19.8. The van der Waals surface area contributed by atoms with Crippen molar-refractivity contribution in [3.63, 3.8) is 0 Å². The first kappa shape index (κ1) is 14.7. The molecule has 1 unspecified atom stereocenters. The number of rotatable bonds is 1. The van der Waals surface area contributed by atoms with Crippen LogP contribution < -0.4 is 5.32 Å². The number of urea groups is 1. The largest absolute Gasteiger partial charge is 0.416 e. The summed E-state index contributed by atoms with van der Waals surface area (Å²) in [6.07, 6.45) is -1.33. The number of nitrogens with one attached hydrogen (secondary N) is 1. The zero-order valence-electron chi connectivity index (χ0n) is 11.2. The molecule has 0 aromatic heterocycles. The van der Waals surface area contributed by atoms with Gasteiger partial charge in [0, 0.05) is 18.3 Å².